The molecule has 0 bridgehead atoms. The third-order valence-electron chi connectivity index (χ3n) is 5.66. The number of nitrogens with two attached hydrogens (primary N) is 1. The lowest BCUT2D eigenvalue weighted by atomic mass is 9.87. The summed E-state index contributed by atoms with van der Waals surface area (Å²) in [5.41, 5.74) is 10.1. The standard InChI is InChI=1S/C22H25ClN2O2.HI/c1-3-25(2)11-10-20-17(14-25)7-6-16(21(20)22(24)27)13-19(26)12-15-4-8-18(23)9-5-15;/h4-9H,3,10-14H2,1-2H3,(H-,24,27);1H. The zero-order valence-electron chi connectivity index (χ0n) is 16.3. The summed E-state index contributed by atoms with van der Waals surface area (Å²) >= 11 is 5.89. The van der Waals surface area contributed by atoms with E-state index in [0.717, 1.165) is 47.2 Å². The van der Waals surface area contributed by atoms with Crippen molar-refractivity contribution in [2.24, 2.45) is 5.73 Å². The predicted molar refractivity (Wildman–Crippen MR) is 108 cm³/mol. The molecule has 1 aliphatic heterocycles. The van der Waals surface area contributed by atoms with Gasteiger partial charge >= 0.3 is 0 Å². The maximum Gasteiger partial charge on any atom is 0.249 e. The number of Topliss-reactive ketones (excluding diaryl/α,β-unsaturated/α-hetero) is 1. The number of likely N-dealkylation sites (N-methyl/N-ethyl adjacent to an activating group) is 1. The van der Waals surface area contributed by atoms with E-state index in [-0.39, 0.29) is 36.2 Å². The molecule has 28 heavy (non-hydrogen) atoms. The normalized spacial score (nSPS) is 18.1. The highest BCUT2D eigenvalue weighted by Crippen LogP contribution is 2.29. The Morgan fingerprint density at radius 2 is 1.79 bits per heavy atom. The maximum atomic E-state index is 12.6. The molecule has 2 aromatic carbocycles. The van der Waals surface area contributed by atoms with Gasteiger partial charge in [0.15, 0.2) is 0 Å². The number of amides is 1. The first-order valence-electron chi connectivity index (χ1n) is 9.34. The first-order valence-corrected chi connectivity index (χ1v) is 9.72. The van der Waals surface area contributed by atoms with E-state index in [1.54, 1.807) is 12.1 Å². The Hall–Kier alpha value is -1.44. The van der Waals surface area contributed by atoms with Crippen LogP contribution in [0.2, 0.25) is 5.02 Å². The summed E-state index contributed by atoms with van der Waals surface area (Å²) in [5.74, 6) is -0.376. The molecular weight excluding hydrogens is 487 g/mol. The van der Waals surface area contributed by atoms with Crippen molar-refractivity contribution in [2.45, 2.75) is 32.7 Å². The monoisotopic (exact) mass is 512 g/mol. The molecule has 0 saturated carbocycles. The summed E-state index contributed by atoms with van der Waals surface area (Å²) in [6, 6.07) is 11.2. The number of hydrogen-bond acceptors (Lipinski definition) is 2. The molecule has 0 fully saturated rings. The molecule has 6 heteroatoms. The van der Waals surface area contributed by atoms with Gasteiger partial charge in [-0.25, -0.2) is 0 Å². The minimum atomic E-state index is -0.436. The molecule has 0 radical (unpaired) electrons. The number of primary amides is 1. The van der Waals surface area contributed by atoms with Crippen LogP contribution in [-0.4, -0.2) is 36.3 Å². The van der Waals surface area contributed by atoms with Crippen LogP contribution in [0.1, 0.15) is 39.5 Å². The Bertz CT molecular complexity index is 883. The van der Waals surface area contributed by atoms with Crippen molar-refractivity contribution in [1.82, 2.24) is 0 Å². The average Bonchev–Trinajstić information content (AvgIpc) is 2.63. The van der Waals surface area contributed by atoms with Crippen LogP contribution < -0.4 is 29.7 Å². The highest BCUT2D eigenvalue weighted by Gasteiger charge is 2.30. The van der Waals surface area contributed by atoms with Crippen LogP contribution in [-0.2, 0) is 30.6 Å². The summed E-state index contributed by atoms with van der Waals surface area (Å²) in [7, 11) is 2.23. The lowest BCUT2D eigenvalue weighted by Gasteiger charge is -2.38. The predicted octanol–water partition coefficient (Wildman–Crippen LogP) is 0.320. The average molecular weight is 513 g/mol. The molecule has 0 saturated heterocycles. The van der Waals surface area contributed by atoms with E-state index in [2.05, 4.69) is 20.0 Å². The Morgan fingerprint density at radius 3 is 2.39 bits per heavy atom. The number of rotatable bonds is 6. The first kappa shape index (κ1) is 22.8. The number of fused-ring (bicyclic) bond motifs is 1. The Kier molecular flexibility index (Phi) is 7.65. The van der Waals surface area contributed by atoms with Gasteiger partial charge in [-0.05, 0) is 35.7 Å². The zero-order chi connectivity index (χ0) is 19.6. The number of hydrogen-bond donors (Lipinski definition) is 1. The van der Waals surface area contributed by atoms with E-state index in [9.17, 15) is 9.59 Å². The number of carbonyl (C=O) groups is 2. The van der Waals surface area contributed by atoms with E-state index in [0.29, 0.717) is 17.0 Å². The summed E-state index contributed by atoms with van der Waals surface area (Å²) in [4.78, 5) is 24.8. The largest absolute Gasteiger partial charge is 1.00 e. The van der Waals surface area contributed by atoms with Crippen LogP contribution in [0.3, 0.4) is 0 Å². The Balaban J connectivity index is 0.00000280. The van der Waals surface area contributed by atoms with Gasteiger partial charge in [-0.1, -0.05) is 35.9 Å². The van der Waals surface area contributed by atoms with Crippen LogP contribution in [0.25, 0.3) is 0 Å². The fraction of sp³-hybridized carbons (Fsp3) is 0.364. The van der Waals surface area contributed by atoms with Crippen LogP contribution >= 0.6 is 11.6 Å². The Morgan fingerprint density at radius 1 is 1.11 bits per heavy atom. The van der Waals surface area contributed by atoms with E-state index >= 15 is 0 Å². The second-order valence-electron chi connectivity index (χ2n) is 7.69. The van der Waals surface area contributed by atoms with Gasteiger partial charge in [0.2, 0.25) is 5.91 Å². The van der Waals surface area contributed by atoms with Gasteiger partial charge in [-0.2, -0.15) is 0 Å². The molecule has 1 atom stereocenters. The van der Waals surface area contributed by atoms with Crippen molar-refractivity contribution >= 4 is 23.3 Å². The lowest BCUT2D eigenvalue weighted by Crippen LogP contribution is -3.00. The molecule has 0 aliphatic carbocycles. The van der Waals surface area contributed by atoms with Crippen molar-refractivity contribution < 1.29 is 38.0 Å². The second-order valence-corrected chi connectivity index (χ2v) is 8.12. The molecule has 1 aliphatic rings. The first-order chi connectivity index (χ1) is 12.8. The lowest BCUT2D eigenvalue weighted by molar-refractivity contribution is -0.922. The molecule has 1 heterocycles. The smallest absolute Gasteiger partial charge is 0.249 e. The van der Waals surface area contributed by atoms with E-state index in [1.807, 2.05) is 18.2 Å². The molecule has 2 aromatic rings. The summed E-state index contributed by atoms with van der Waals surface area (Å²) < 4.78 is 0.958. The second kappa shape index (κ2) is 9.37. The third-order valence-corrected chi connectivity index (χ3v) is 5.91. The fourth-order valence-electron chi connectivity index (χ4n) is 3.87. The highest BCUT2D eigenvalue weighted by atomic mass is 127. The molecule has 0 spiro atoms. The molecule has 150 valence electrons. The highest BCUT2D eigenvalue weighted by molar-refractivity contribution is 6.30. The van der Waals surface area contributed by atoms with E-state index < -0.39 is 5.91 Å². The molecule has 0 aromatic heterocycles. The molecule has 3 rings (SSSR count). The van der Waals surface area contributed by atoms with E-state index in [1.165, 1.54) is 5.56 Å². The molecular formula is C22H26ClIN2O2. The topological polar surface area (TPSA) is 60.2 Å². The van der Waals surface area contributed by atoms with Gasteiger partial charge in [0, 0.05) is 35.4 Å². The van der Waals surface area contributed by atoms with Crippen LogP contribution in [0.5, 0.6) is 0 Å². The summed E-state index contributed by atoms with van der Waals surface area (Å²) in [6.07, 6.45) is 1.35. The van der Waals surface area contributed by atoms with Crippen molar-refractivity contribution in [1.29, 1.82) is 0 Å². The fourth-order valence-corrected chi connectivity index (χ4v) is 4.00. The minimum Gasteiger partial charge on any atom is -1.00 e. The number of carbonyl (C=O) groups excluding carboxylic acids is 2. The van der Waals surface area contributed by atoms with E-state index in [4.69, 9.17) is 17.3 Å². The maximum absolute atomic E-state index is 12.6. The van der Waals surface area contributed by atoms with Crippen molar-refractivity contribution in [2.75, 3.05) is 20.1 Å². The van der Waals surface area contributed by atoms with Crippen molar-refractivity contribution in [3.63, 3.8) is 0 Å². The van der Waals surface area contributed by atoms with Gasteiger partial charge in [-0.3, -0.25) is 9.59 Å². The van der Waals surface area contributed by atoms with Gasteiger partial charge in [0.1, 0.15) is 12.3 Å². The third kappa shape index (κ3) is 5.13. The Labute approximate surface area is 188 Å². The number of nitrogens with zero attached hydrogens (tertiary/aromatic N) is 1. The van der Waals surface area contributed by atoms with Gasteiger partial charge < -0.3 is 34.2 Å². The van der Waals surface area contributed by atoms with Gasteiger partial charge in [0.25, 0.3) is 0 Å². The number of quaternary nitrogens is 1. The molecule has 1 amide bonds. The van der Waals surface area contributed by atoms with Crippen molar-refractivity contribution in [3.8, 4) is 0 Å². The minimum absolute atomic E-state index is 0. The van der Waals surface area contributed by atoms with Crippen LogP contribution in [0, 0.1) is 0 Å². The van der Waals surface area contributed by atoms with Gasteiger partial charge in [0.05, 0.1) is 20.1 Å². The number of ketones is 1. The van der Waals surface area contributed by atoms with Crippen molar-refractivity contribution in [3.05, 3.63) is 69.2 Å². The van der Waals surface area contributed by atoms with Gasteiger partial charge in [-0.15, -0.1) is 0 Å². The molecule has 1 unspecified atom stereocenters. The quantitative estimate of drug-likeness (QED) is 0.448. The zero-order valence-corrected chi connectivity index (χ0v) is 19.2. The number of halogens is 2. The van der Waals surface area contributed by atoms with Crippen LogP contribution in [0.15, 0.2) is 36.4 Å². The van der Waals surface area contributed by atoms with Crippen LogP contribution in [0.4, 0.5) is 0 Å². The SMILES string of the molecule is CC[N+]1(C)CCc2c(ccc(CC(=O)Cc3ccc(Cl)cc3)c2C(N)=O)C1.[I-]. The molecule has 4 nitrogen and oxygen atoms in total. The number of benzene rings is 2. The summed E-state index contributed by atoms with van der Waals surface area (Å²) in [6.45, 7) is 5.10. The molecule has 2 N–H and O–H groups in total. The summed E-state index contributed by atoms with van der Waals surface area (Å²) in [5, 5.41) is 0.648.